The van der Waals surface area contributed by atoms with Gasteiger partial charge in [0.1, 0.15) is 9.39 Å². The predicted molar refractivity (Wildman–Crippen MR) is 60.9 cm³/mol. The van der Waals surface area contributed by atoms with E-state index in [0.717, 1.165) is 14.4 Å². The number of hydrogen-bond donors (Lipinski definition) is 0. The van der Waals surface area contributed by atoms with E-state index in [4.69, 9.17) is 11.6 Å². The van der Waals surface area contributed by atoms with Gasteiger partial charge in [-0.25, -0.2) is 4.98 Å². The van der Waals surface area contributed by atoms with Crippen LogP contribution in [0, 0.1) is 3.70 Å². The largest absolute Gasteiger partial charge is 0.239 e. The molecule has 0 unspecified atom stereocenters. The first-order valence-corrected chi connectivity index (χ1v) is 5.65. The zero-order chi connectivity index (χ0) is 9.26. The van der Waals surface area contributed by atoms with E-state index < -0.39 is 0 Å². The van der Waals surface area contributed by atoms with E-state index in [1.54, 1.807) is 0 Å². The molecule has 3 nitrogen and oxygen atoms in total. The van der Waals surface area contributed by atoms with E-state index in [9.17, 15) is 0 Å². The highest BCUT2D eigenvalue weighted by atomic mass is 127. The van der Waals surface area contributed by atoms with Gasteiger partial charge in [0.25, 0.3) is 0 Å². The molecule has 66 valence electrons. The van der Waals surface area contributed by atoms with Gasteiger partial charge in [0, 0.05) is 0 Å². The quantitative estimate of drug-likeness (QED) is 0.598. The molecule has 0 N–H and O–H groups in total. The lowest BCUT2D eigenvalue weighted by Gasteiger charge is -1.93. The third-order valence-electron chi connectivity index (χ3n) is 1.33. The van der Waals surface area contributed by atoms with Gasteiger partial charge >= 0.3 is 0 Å². The molecule has 0 aliphatic heterocycles. The van der Waals surface area contributed by atoms with Crippen molar-refractivity contribution in [3.8, 4) is 10.7 Å². The van der Waals surface area contributed by atoms with Crippen molar-refractivity contribution in [2.24, 2.45) is 0 Å². The Kier molecular flexibility index (Phi) is 2.75. The molecule has 2 heterocycles. The lowest BCUT2D eigenvalue weighted by molar-refractivity contribution is 1.08. The van der Waals surface area contributed by atoms with E-state index in [0.29, 0.717) is 4.47 Å². The first-order chi connectivity index (χ1) is 6.25. The molecular formula is C7H3ClIN3S. The van der Waals surface area contributed by atoms with E-state index in [-0.39, 0.29) is 0 Å². The van der Waals surface area contributed by atoms with Crippen molar-refractivity contribution in [2.75, 3.05) is 0 Å². The summed E-state index contributed by atoms with van der Waals surface area (Å²) in [6.45, 7) is 0. The van der Waals surface area contributed by atoms with Gasteiger partial charge in [0.05, 0.1) is 0 Å². The van der Waals surface area contributed by atoms with Crippen LogP contribution >= 0.6 is 45.5 Å². The second-order valence-electron chi connectivity index (χ2n) is 2.21. The van der Waals surface area contributed by atoms with Crippen LogP contribution in [0.15, 0.2) is 18.2 Å². The van der Waals surface area contributed by atoms with Crippen molar-refractivity contribution in [1.29, 1.82) is 0 Å². The maximum Gasteiger partial charge on any atom is 0.207 e. The Labute approximate surface area is 97.3 Å². The monoisotopic (exact) mass is 323 g/mol. The zero-order valence-corrected chi connectivity index (χ0v) is 9.97. The van der Waals surface area contributed by atoms with Crippen LogP contribution in [0.2, 0.25) is 4.47 Å². The van der Waals surface area contributed by atoms with E-state index in [1.807, 2.05) is 18.2 Å². The summed E-state index contributed by atoms with van der Waals surface area (Å²) in [5.74, 6) is 0. The Bertz CT molecular complexity index is 431. The predicted octanol–water partition coefficient (Wildman–Crippen LogP) is 2.86. The average molecular weight is 324 g/mol. The molecule has 0 aromatic carbocycles. The van der Waals surface area contributed by atoms with E-state index in [2.05, 4.69) is 37.8 Å². The summed E-state index contributed by atoms with van der Waals surface area (Å²) >= 11 is 9.14. The molecule has 13 heavy (non-hydrogen) atoms. The summed E-state index contributed by atoms with van der Waals surface area (Å²) in [4.78, 5) is 4.29. The van der Waals surface area contributed by atoms with Gasteiger partial charge in [-0.2, -0.15) is 0 Å². The SMILES string of the molecule is Clc1nnc(-c2cccc(I)n2)s1. The van der Waals surface area contributed by atoms with Crippen molar-refractivity contribution in [2.45, 2.75) is 0 Å². The molecule has 0 aliphatic rings. The highest BCUT2D eigenvalue weighted by molar-refractivity contribution is 14.1. The molecule has 0 amide bonds. The number of aromatic nitrogens is 3. The lowest BCUT2D eigenvalue weighted by atomic mass is 10.4. The molecule has 0 radical (unpaired) electrons. The molecule has 2 aromatic heterocycles. The van der Waals surface area contributed by atoms with Crippen molar-refractivity contribution in [3.63, 3.8) is 0 Å². The number of rotatable bonds is 1. The fourth-order valence-electron chi connectivity index (χ4n) is 0.836. The fourth-order valence-corrected chi connectivity index (χ4v) is 2.10. The molecule has 6 heteroatoms. The van der Waals surface area contributed by atoms with E-state index >= 15 is 0 Å². The summed E-state index contributed by atoms with van der Waals surface area (Å²) < 4.78 is 1.37. The van der Waals surface area contributed by atoms with Crippen LogP contribution in [-0.4, -0.2) is 15.2 Å². The van der Waals surface area contributed by atoms with Crippen molar-refractivity contribution < 1.29 is 0 Å². The third-order valence-corrected chi connectivity index (χ3v) is 2.98. The lowest BCUT2D eigenvalue weighted by Crippen LogP contribution is -1.84. The van der Waals surface area contributed by atoms with Gasteiger partial charge in [0.2, 0.25) is 4.47 Å². The smallest absolute Gasteiger partial charge is 0.207 e. The Balaban J connectivity index is 2.46. The van der Waals surface area contributed by atoms with Crippen LogP contribution in [0.5, 0.6) is 0 Å². The minimum Gasteiger partial charge on any atom is -0.239 e. The first kappa shape index (κ1) is 9.29. The van der Waals surface area contributed by atoms with Crippen LogP contribution in [-0.2, 0) is 0 Å². The minimum absolute atomic E-state index is 0.440. The van der Waals surface area contributed by atoms with Crippen molar-refractivity contribution >= 4 is 45.5 Å². The van der Waals surface area contributed by atoms with Crippen molar-refractivity contribution in [1.82, 2.24) is 15.2 Å². The molecule has 2 aromatic rings. The Morgan fingerprint density at radius 3 is 2.77 bits per heavy atom. The summed E-state index contributed by atoms with van der Waals surface area (Å²) in [5.41, 5.74) is 0.816. The normalized spacial score (nSPS) is 10.3. The molecule has 0 saturated carbocycles. The standard InChI is InChI=1S/C7H3ClIN3S/c8-7-12-11-6(13-7)4-2-1-3-5(9)10-4/h1-3H. The average Bonchev–Trinajstić information content (AvgIpc) is 2.52. The highest BCUT2D eigenvalue weighted by Gasteiger charge is 2.05. The number of nitrogens with zero attached hydrogens (tertiary/aromatic N) is 3. The number of hydrogen-bond acceptors (Lipinski definition) is 4. The number of pyridine rings is 1. The fraction of sp³-hybridized carbons (Fsp3) is 0. The molecule has 0 bridgehead atoms. The summed E-state index contributed by atoms with van der Waals surface area (Å²) in [7, 11) is 0. The Hall–Kier alpha value is -0.270. The maximum atomic E-state index is 5.67. The van der Waals surface area contributed by atoms with Gasteiger partial charge < -0.3 is 0 Å². The molecule has 0 aliphatic carbocycles. The Morgan fingerprint density at radius 1 is 1.31 bits per heavy atom. The molecular weight excluding hydrogens is 321 g/mol. The summed E-state index contributed by atoms with van der Waals surface area (Å²) in [6.07, 6.45) is 0. The van der Waals surface area contributed by atoms with Gasteiger partial charge in [0.15, 0.2) is 5.01 Å². The molecule has 0 spiro atoms. The minimum atomic E-state index is 0.440. The van der Waals surface area contributed by atoms with Gasteiger partial charge in [-0.3, -0.25) is 0 Å². The maximum absolute atomic E-state index is 5.67. The zero-order valence-electron chi connectivity index (χ0n) is 6.24. The van der Waals surface area contributed by atoms with Gasteiger partial charge in [-0.1, -0.05) is 17.4 Å². The summed E-state index contributed by atoms with van der Waals surface area (Å²) in [6, 6.07) is 5.74. The third kappa shape index (κ3) is 2.15. The second-order valence-corrected chi connectivity index (χ2v) is 4.87. The van der Waals surface area contributed by atoms with Crippen LogP contribution in [0.25, 0.3) is 10.7 Å². The van der Waals surface area contributed by atoms with Crippen LogP contribution in [0.3, 0.4) is 0 Å². The molecule has 0 saturated heterocycles. The Morgan fingerprint density at radius 2 is 2.15 bits per heavy atom. The van der Waals surface area contributed by atoms with Gasteiger partial charge in [-0.05, 0) is 46.3 Å². The molecule has 0 fully saturated rings. The molecule has 0 atom stereocenters. The highest BCUT2D eigenvalue weighted by Crippen LogP contribution is 2.24. The first-order valence-electron chi connectivity index (χ1n) is 3.37. The number of halogens is 2. The van der Waals surface area contributed by atoms with Gasteiger partial charge in [-0.15, -0.1) is 10.2 Å². The topological polar surface area (TPSA) is 38.7 Å². The molecule has 2 rings (SSSR count). The van der Waals surface area contributed by atoms with Crippen LogP contribution in [0.1, 0.15) is 0 Å². The van der Waals surface area contributed by atoms with Crippen molar-refractivity contribution in [3.05, 3.63) is 26.4 Å². The second kappa shape index (κ2) is 3.85. The summed E-state index contributed by atoms with van der Waals surface area (Å²) in [5, 5.41) is 8.37. The van der Waals surface area contributed by atoms with Crippen LogP contribution < -0.4 is 0 Å². The van der Waals surface area contributed by atoms with E-state index in [1.165, 1.54) is 11.3 Å². The van der Waals surface area contributed by atoms with Crippen LogP contribution in [0.4, 0.5) is 0 Å².